The molecule has 2 unspecified atom stereocenters. The van der Waals surface area contributed by atoms with E-state index in [1.54, 1.807) is 0 Å². The molecule has 2 rings (SSSR count). The van der Waals surface area contributed by atoms with Gasteiger partial charge in [0, 0.05) is 11.7 Å². The van der Waals surface area contributed by atoms with Crippen LogP contribution in [0.15, 0.2) is 0 Å². The molecule has 0 spiro atoms. The number of carbonyl (C=O) groups is 1. The van der Waals surface area contributed by atoms with Gasteiger partial charge >= 0.3 is 0 Å². The van der Waals surface area contributed by atoms with Gasteiger partial charge in [0.25, 0.3) is 5.91 Å². The molecule has 100 valence electrons. The first-order valence-corrected chi connectivity index (χ1v) is 6.71. The second kappa shape index (κ2) is 5.42. The molecular formula is C13H22N4O. The predicted octanol–water partition coefficient (Wildman–Crippen LogP) is 2.00. The maximum absolute atomic E-state index is 12.2. The van der Waals surface area contributed by atoms with Gasteiger partial charge in [0.05, 0.1) is 0 Å². The Morgan fingerprint density at radius 3 is 2.78 bits per heavy atom. The van der Waals surface area contributed by atoms with E-state index in [0.717, 1.165) is 12.1 Å². The lowest BCUT2D eigenvalue weighted by Gasteiger charge is -2.22. The summed E-state index contributed by atoms with van der Waals surface area (Å²) < 4.78 is 0. The topological polar surface area (TPSA) is 83.8 Å². The number of nitrogens with two attached hydrogens (primary N) is 1. The first kappa shape index (κ1) is 12.9. The van der Waals surface area contributed by atoms with Crippen molar-refractivity contribution in [3.05, 3.63) is 11.3 Å². The molecule has 4 N–H and O–H groups in total. The van der Waals surface area contributed by atoms with E-state index in [9.17, 15) is 4.79 Å². The minimum absolute atomic E-state index is 0.0995. The number of hydrogen-bond acceptors (Lipinski definition) is 3. The molecule has 1 saturated carbocycles. The lowest BCUT2D eigenvalue weighted by molar-refractivity contribution is 0.0922. The van der Waals surface area contributed by atoms with Crippen LogP contribution in [0.3, 0.4) is 0 Å². The van der Waals surface area contributed by atoms with Crippen LogP contribution in [-0.4, -0.2) is 22.1 Å². The van der Waals surface area contributed by atoms with E-state index in [1.807, 2.05) is 6.92 Å². The van der Waals surface area contributed by atoms with Crippen LogP contribution in [0.4, 0.5) is 5.82 Å². The molecule has 1 aliphatic carbocycles. The normalized spacial score (nSPS) is 24.6. The highest BCUT2D eigenvalue weighted by Gasteiger charge is 2.24. The smallest absolute Gasteiger partial charge is 0.257 e. The van der Waals surface area contributed by atoms with Crippen LogP contribution in [0.25, 0.3) is 0 Å². The van der Waals surface area contributed by atoms with E-state index >= 15 is 0 Å². The Balaban J connectivity index is 2.06. The standard InChI is InChI=1S/C13H22N4O/c1-8-6-4-3-5-7-10(8)15-13(18)11-9(2)16-17-12(11)14/h8,10H,3-7H2,1-2H3,(H,15,18)(H3,14,16,17). The molecule has 1 aromatic heterocycles. The number of nitrogens with one attached hydrogen (secondary N) is 2. The number of aryl methyl sites for hydroxylation is 1. The molecule has 5 nitrogen and oxygen atoms in total. The molecule has 0 saturated heterocycles. The second-order valence-electron chi connectivity index (χ2n) is 5.30. The third kappa shape index (κ3) is 2.66. The van der Waals surface area contributed by atoms with Gasteiger partial charge in [-0.1, -0.05) is 26.2 Å². The Kier molecular flexibility index (Phi) is 3.89. The fraction of sp³-hybridized carbons (Fsp3) is 0.692. The van der Waals surface area contributed by atoms with Crippen molar-refractivity contribution in [2.24, 2.45) is 5.92 Å². The minimum atomic E-state index is -0.0995. The number of nitrogens with zero attached hydrogens (tertiary/aromatic N) is 1. The molecule has 0 bridgehead atoms. The SMILES string of the molecule is Cc1[nH]nc(N)c1C(=O)NC1CCCCCC1C. The van der Waals surface area contributed by atoms with E-state index in [2.05, 4.69) is 22.4 Å². The Bertz CT molecular complexity index is 407. The summed E-state index contributed by atoms with van der Waals surface area (Å²) in [5.74, 6) is 0.716. The number of anilines is 1. The van der Waals surface area contributed by atoms with Crippen molar-refractivity contribution >= 4 is 11.7 Å². The monoisotopic (exact) mass is 250 g/mol. The lowest BCUT2D eigenvalue weighted by atomic mass is 9.96. The molecule has 0 aliphatic heterocycles. The summed E-state index contributed by atoms with van der Waals surface area (Å²) in [4.78, 5) is 12.2. The number of carbonyl (C=O) groups excluding carboxylic acids is 1. The number of hydrogen-bond donors (Lipinski definition) is 3. The fourth-order valence-electron chi connectivity index (χ4n) is 2.68. The van der Waals surface area contributed by atoms with Gasteiger partial charge in [-0.3, -0.25) is 9.89 Å². The minimum Gasteiger partial charge on any atom is -0.382 e. The molecule has 0 aromatic carbocycles. The highest BCUT2D eigenvalue weighted by molar-refractivity contribution is 5.99. The van der Waals surface area contributed by atoms with E-state index < -0.39 is 0 Å². The third-order valence-corrected chi connectivity index (χ3v) is 3.88. The van der Waals surface area contributed by atoms with E-state index in [0.29, 0.717) is 11.5 Å². The Labute approximate surface area is 108 Å². The quantitative estimate of drug-likeness (QED) is 0.702. The first-order chi connectivity index (χ1) is 8.59. The highest BCUT2D eigenvalue weighted by atomic mass is 16.1. The van der Waals surface area contributed by atoms with Gasteiger partial charge in [-0.25, -0.2) is 0 Å². The maximum atomic E-state index is 12.2. The fourth-order valence-corrected chi connectivity index (χ4v) is 2.68. The van der Waals surface area contributed by atoms with Crippen LogP contribution in [0, 0.1) is 12.8 Å². The summed E-state index contributed by atoms with van der Waals surface area (Å²) in [6, 6.07) is 0.258. The average Bonchev–Trinajstić information content (AvgIpc) is 2.53. The zero-order valence-corrected chi connectivity index (χ0v) is 11.1. The predicted molar refractivity (Wildman–Crippen MR) is 71.2 cm³/mol. The molecule has 18 heavy (non-hydrogen) atoms. The highest BCUT2D eigenvalue weighted by Crippen LogP contribution is 2.23. The Morgan fingerprint density at radius 2 is 2.11 bits per heavy atom. The zero-order chi connectivity index (χ0) is 13.1. The average molecular weight is 250 g/mol. The number of amides is 1. The van der Waals surface area contributed by atoms with Crippen LogP contribution in [0.1, 0.15) is 55.1 Å². The van der Waals surface area contributed by atoms with Crippen molar-refractivity contribution in [3.8, 4) is 0 Å². The van der Waals surface area contributed by atoms with Crippen LogP contribution in [-0.2, 0) is 0 Å². The van der Waals surface area contributed by atoms with E-state index in [4.69, 9.17) is 5.73 Å². The van der Waals surface area contributed by atoms with E-state index in [-0.39, 0.29) is 17.8 Å². The zero-order valence-electron chi connectivity index (χ0n) is 11.1. The van der Waals surface area contributed by atoms with Crippen molar-refractivity contribution < 1.29 is 4.79 Å². The van der Waals surface area contributed by atoms with Gasteiger partial charge in [0.1, 0.15) is 5.56 Å². The van der Waals surface area contributed by atoms with Crippen molar-refractivity contribution in [2.45, 2.75) is 52.0 Å². The molecular weight excluding hydrogens is 228 g/mol. The molecule has 1 aliphatic rings. The van der Waals surface area contributed by atoms with Gasteiger partial charge in [-0.05, 0) is 25.7 Å². The largest absolute Gasteiger partial charge is 0.382 e. The Hall–Kier alpha value is -1.52. The summed E-state index contributed by atoms with van der Waals surface area (Å²) in [6.07, 6.45) is 5.97. The number of aromatic amines is 1. The number of rotatable bonds is 2. The van der Waals surface area contributed by atoms with Crippen molar-refractivity contribution in [2.75, 3.05) is 5.73 Å². The molecule has 2 atom stereocenters. The van der Waals surface area contributed by atoms with Crippen molar-refractivity contribution in [3.63, 3.8) is 0 Å². The van der Waals surface area contributed by atoms with Gasteiger partial charge < -0.3 is 11.1 Å². The summed E-state index contributed by atoms with van der Waals surface area (Å²) in [5, 5.41) is 9.72. The first-order valence-electron chi connectivity index (χ1n) is 6.71. The number of nitrogen functional groups attached to an aromatic ring is 1. The van der Waals surface area contributed by atoms with Crippen LogP contribution in [0.2, 0.25) is 0 Å². The lowest BCUT2D eigenvalue weighted by Crippen LogP contribution is -2.39. The van der Waals surface area contributed by atoms with Crippen molar-refractivity contribution in [1.29, 1.82) is 0 Å². The van der Waals surface area contributed by atoms with Crippen molar-refractivity contribution in [1.82, 2.24) is 15.5 Å². The van der Waals surface area contributed by atoms with Gasteiger partial charge in [-0.2, -0.15) is 5.10 Å². The molecule has 0 radical (unpaired) electrons. The summed E-state index contributed by atoms with van der Waals surface area (Å²) >= 11 is 0. The maximum Gasteiger partial charge on any atom is 0.257 e. The van der Waals surface area contributed by atoms with E-state index in [1.165, 1.54) is 25.7 Å². The molecule has 1 fully saturated rings. The van der Waals surface area contributed by atoms with Crippen LogP contribution >= 0.6 is 0 Å². The molecule has 5 heteroatoms. The molecule has 1 heterocycles. The molecule has 1 aromatic rings. The summed E-state index contributed by atoms with van der Waals surface area (Å²) in [7, 11) is 0. The summed E-state index contributed by atoms with van der Waals surface area (Å²) in [5.41, 5.74) is 6.93. The Morgan fingerprint density at radius 1 is 1.39 bits per heavy atom. The molecule has 1 amide bonds. The van der Waals surface area contributed by atoms with Gasteiger partial charge in [-0.15, -0.1) is 0 Å². The summed E-state index contributed by atoms with van der Waals surface area (Å²) in [6.45, 7) is 4.02. The number of aromatic nitrogens is 2. The van der Waals surface area contributed by atoms with Gasteiger partial charge in [0.2, 0.25) is 0 Å². The third-order valence-electron chi connectivity index (χ3n) is 3.88. The van der Waals surface area contributed by atoms with Crippen LogP contribution in [0.5, 0.6) is 0 Å². The van der Waals surface area contributed by atoms with Gasteiger partial charge in [0.15, 0.2) is 5.82 Å². The number of H-pyrrole nitrogens is 1. The second-order valence-corrected chi connectivity index (χ2v) is 5.30. The van der Waals surface area contributed by atoms with Crippen LogP contribution < -0.4 is 11.1 Å².